The van der Waals surface area contributed by atoms with Crippen molar-refractivity contribution in [1.29, 1.82) is 0 Å². The summed E-state index contributed by atoms with van der Waals surface area (Å²) in [5.41, 5.74) is 1.19. The Morgan fingerprint density at radius 3 is 2.43 bits per heavy atom. The fraction of sp³-hybridized carbons (Fsp3) is 0.607. The van der Waals surface area contributed by atoms with E-state index < -0.39 is 5.97 Å². The molecule has 0 spiro atoms. The normalized spacial score (nSPS) is 24.7. The Labute approximate surface area is 218 Å². The van der Waals surface area contributed by atoms with E-state index in [1.165, 1.54) is 10.6 Å². The van der Waals surface area contributed by atoms with Gasteiger partial charge in [0.1, 0.15) is 0 Å². The van der Waals surface area contributed by atoms with Crippen LogP contribution in [0.3, 0.4) is 0 Å². The van der Waals surface area contributed by atoms with E-state index in [0.717, 1.165) is 51.7 Å². The summed E-state index contributed by atoms with van der Waals surface area (Å²) in [7, 11) is 3.49. The molecule has 2 aromatic rings. The molecule has 2 unspecified atom stereocenters. The van der Waals surface area contributed by atoms with Gasteiger partial charge < -0.3 is 34.1 Å². The molecule has 9 nitrogen and oxygen atoms in total. The lowest BCUT2D eigenvalue weighted by atomic mass is 9.92. The van der Waals surface area contributed by atoms with E-state index in [9.17, 15) is 15.0 Å². The summed E-state index contributed by atoms with van der Waals surface area (Å²) in [5.74, 6) is -0.472. The molecule has 204 valence electrons. The highest BCUT2D eigenvalue weighted by atomic mass is 16.5. The first-order valence-electron chi connectivity index (χ1n) is 13.2. The zero-order valence-corrected chi connectivity index (χ0v) is 22.1. The summed E-state index contributed by atoms with van der Waals surface area (Å²) < 4.78 is 24.3. The van der Waals surface area contributed by atoms with Gasteiger partial charge in [0.2, 0.25) is 5.88 Å². The number of aryl methyl sites for hydroxylation is 1. The van der Waals surface area contributed by atoms with Crippen molar-refractivity contribution in [2.75, 3.05) is 47.1 Å². The van der Waals surface area contributed by atoms with Crippen LogP contribution < -0.4 is 0 Å². The molecule has 1 aromatic carbocycles. The maximum atomic E-state index is 13.0. The number of aromatic nitrogens is 1. The number of nitrogens with zero attached hydrogens (tertiary/aromatic N) is 2. The first-order valence-corrected chi connectivity index (χ1v) is 13.2. The SMILES string of the molecule is CO[C@@H]1CC(OCCN2CCCC(COC(=O)c3ccccc3-n3c(O)cc(C)c3O)C2)C[C@H](OC)C1. The Morgan fingerprint density at radius 1 is 1.05 bits per heavy atom. The predicted octanol–water partition coefficient (Wildman–Crippen LogP) is 3.66. The van der Waals surface area contributed by atoms with Gasteiger partial charge in [-0.1, -0.05) is 12.1 Å². The number of piperidine rings is 1. The van der Waals surface area contributed by atoms with Gasteiger partial charge in [0.05, 0.1) is 42.8 Å². The molecule has 0 amide bonds. The number of carbonyl (C=O) groups is 1. The Bertz CT molecular complexity index is 1030. The average molecular weight is 517 g/mol. The predicted molar refractivity (Wildman–Crippen MR) is 138 cm³/mol. The van der Waals surface area contributed by atoms with Crippen molar-refractivity contribution in [1.82, 2.24) is 9.47 Å². The third-order valence-corrected chi connectivity index (χ3v) is 7.56. The third kappa shape index (κ3) is 6.84. The quantitative estimate of drug-likeness (QED) is 0.461. The van der Waals surface area contributed by atoms with Crippen molar-refractivity contribution < 1.29 is 34.0 Å². The lowest BCUT2D eigenvalue weighted by Crippen LogP contribution is -2.41. The second-order valence-electron chi connectivity index (χ2n) is 10.2. The summed E-state index contributed by atoms with van der Waals surface area (Å²) in [5, 5.41) is 20.6. The van der Waals surface area contributed by atoms with Crippen molar-refractivity contribution in [2.45, 2.75) is 57.3 Å². The minimum Gasteiger partial charge on any atom is -0.494 e. The third-order valence-electron chi connectivity index (χ3n) is 7.56. The van der Waals surface area contributed by atoms with Crippen LogP contribution in [0.2, 0.25) is 0 Å². The molecular formula is C28H40N2O7. The van der Waals surface area contributed by atoms with E-state index in [-0.39, 0.29) is 36.0 Å². The summed E-state index contributed by atoms with van der Waals surface area (Å²) in [4.78, 5) is 15.4. The Kier molecular flexibility index (Phi) is 9.48. The van der Waals surface area contributed by atoms with E-state index in [1.807, 2.05) is 0 Å². The van der Waals surface area contributed by atoms with Crippen LogP contribution in [0.4, 0.5) is 0 Å². The Morgan fingerprint density at radius 2 is 1.76 bits per heavy atom. The highest BCUT2D eigenvalue weighted by molar-refractivity contribution is 5.93. The molecule has 2 fully saturated rings. The maximum absolute atomic E-state index is 13.0. The van der Waals surface area contributed by atoms with Crippen LogP contribution >= 0.6 is 0 Å². The molecular weight excluding hydrogens is 476 g/mol. The van der Waals surface area contributed by atoms with Gasteiger partial charge in [-0.15, -0.1) is 0 Å². The number of para-hydroxylation sites is 1. The molecule has 37 heavy (non-hydrogen) atoms. The fourth-order valence-electron chi connectivity index (χ4n) is 5.49. The summed E-state index contributed by atoms with van der Waals surface area (Å²) >= 11 is 0. The van der Waals surface area contributed by atoms with E-state index >= 15 is 0 Å². The van der Waals surface area contributed by atoms with Crippen LogP contribution in [-0.4, -0.2) is 91.0 Å². The molecule has 9 heteroatoms. The molecule has 1 aliphatic carbocycles. The van der Waals surface area contributed by atoms with Gasteiger partial charge in [-0.2, -0.15) is 0 Å². The molecule has 1 saturated carbocycles. The lowest BCUT2D eigenvalue weighted by Gasteiger charge is -2.35. The molecule has 4 rings (SSSR count). The Hall–Kier alpha value is -2.59. The first kappa shape index (κ1) is 27.4. The highest BCUT2D eigenvalue weighted by Crippen LogP contribution is 2.32. The summed E-state index contributed by atoms with van der Waals surface area (Å²) in [6.45, 7) is 5.36. The molecule has 1 aliphatic heterocycles. The van der Waals surface area contributed by atoms with Gasteiger partial charge in [0, 0.05) is 44.9 Å². The second-order valence-corrected chi connectivity index (χ2v) is 10.2. The number of methoxy groups -OCH3 is 2. The van der Waals surface area contributed by atoms with Gasteiger partial charge in [0.15, 0.2) is 5.88 Å². The van der Waals surface area contributed by atoms with E-state index in [0.29, 0.717) is 30.0 Å². The van der Waals surface area contributed by atoms with Gasteiger partial charge in [-0.25, -0.2) is 4.79 Å². The summed E-state index contributed by atoms with van der Waals surface area (Å²) in [6, 6.07) is 8.26. The number of likely N-dealkylation sites (tertiary alicyclic amines) is 1. The molecule has 0 radical (unpaired) electrons. The number of hydrogen-bond donors (Lipinski definition) is 2. The van der Waals surface area contributed by atoms with Gasteiger partial charge in [-0.05, 0) is 57.7 Å². The minimum absolute atomic E-state index is 0.105. The number of esters is 1. The van der Waals surface area contributed by atoms with E-state index in [4.69, 9.17) is 18.9 Å². The maximum Gasteiger partial charge on any atom is 0.340 e. The number of rotatable bonds is 10. The number of benzene rings is 1. The zero-order chi connectivity index (χ0) is 26.4. The van der Waals surface area contributed by atoms with Crippen molar-refractivity contribution >= 4 is 5.97 Å². The molecule has 4 atom stereocenters. The molecule has 2 heterocycles. The molecule has 1 aromatic heterocycles. The molecule has 2 aliphatic rings. The molecule has 1 saturated heterocycles. The monoisotopic (exact) mass is 516 g/mol. The van der Waals surface area contributed by atoms with Crippen LogP contribution in [0.1, 0.15) is 48.0 Å². The number of ether oxygens (including phenoxy) is 4. The smallest absolute Gasteiger partial charge is 0.340 e. The molecule has 2 N–H and O–H groups in total. The first-order chi connectivity index (χ1) is 17.9. The van der Waals surface area contributed by atoms with Gasteiger partial charge in [-0.3, -0.25) is 4.57 Å². The summed E-state index contributed by atoms with van der Waals surface area (Å²) in [6.07, 6.45) is 5.26. The van der Waals surface area contributed by atoms with Crippen molar-refractivity contribution in [3.8, 4) is 17.4 Å². The van der Waals surface area contributed by atoms with Crippen molar-refractivity contribution in [3.05, 3.63) is 41.5 Å². The largest absolute Gasteiger partial charge is 0.494 e. The van der Waals surface area contributed by atoms with Crippen LogP contribution in [0.5, 0.6) is 11.8 Å². The van der Waals surface area contributed by atoms with Crippen molar-refractivity contribution in [3.63, 3.8) is 0 Å². The minimum atomic E-state index is -0.473. The average Bonchev–Trinajstić information content (AvgIpc) is 3.17. The van der Waals surface area contributed by atoms with Crippen molar-refractivity contribution in [2.24, 2.45) is 5.92 Å². The topological polar surface area (TPSA) is 103 Å². The zero-order valence-electron chi connectivity index (χ0n) is 22.1. The highest BCUT2D eigenvalue weighted by Gasteiger charge is 2.30. The Balaban J connectivity index is 1.27. The number of hydrogen-bond acceptors (Lipinski definition) is 8. The number of carbonyl (C=O) groups excluding carboxylic acids is 1. The van der Waals surface area contributed by atoms with Gasteiger partial charge in [0.25, 0.3) is 0 Å². The standard InChI is InChI=1S/C28H40N2O7/c1-19-13-26(31)30(27(19)32)25-9-5-4-8-24(25)28(33)37-18-20-7-6-10-29(17-20)11-12-36-23-15-21(34-2)14-22(16-23)35-3/h4-5,8-9,13,20-23,31-32H,6-7,10-12,14-18H2,1-3H3/t20?,21-,22+,23?. The fourth-order valence-corrected chi connectivity index (χ4v) is 5.49. The molecule has 0 bridgehead atoms. The van der Waals surface area contributed by atoms with Crippen LogP contribution in [0.15, 0.2) is 30.3 Å². The van der Waals surface area contributed by atoms with Crippen LogP contribution in [-0.2, 0) is 18.9 Å². The number of aromatic hydroxyl groups is 2. The lowest BCUT2D eigenvalue weighted by molar-refractivity contribution is -0.0846. The van der Waals surface area contributed by atoms with E-state index in [1.54, 1.807) is 45.4 Å². The second kappa shape index (κ2) is 12.8. The van der Waals surface area contributed by atoms with Crippen LogP contribution in [0.25, 0.3) is 5.69 Å². The van der Waals surface area contributed by atoms with E-state index in [2.05, 4.69) is 4.90 Å². The van der Waals surface area contributed by atoms with Gasteiger partial charge >= 0.3 is 5.97 Å². The van der Waals surface area contributed by atoms with Crippen LogP contribution in [0, 0.1) is 12.8 Å².